The standard InChI is InChI=1S/C19H28N6O2/c1-19(27)7-10-25(11-8-19)9-6-13-2-4-14(5-3-13)24-17(22)16(18(23)26)15(21)12-20/h2-5,12,20,27H,6-11,21H2,1H3,(H2,22,24)(H2,23,26)/b16-15+,20-12?. The van der Waals surface area contributed by atoms with Crippen molar-refractivity contribution in [2.24, 2.45) is 11.5 Å². The van der Waals surface area contributed by atoms with E-state index in [9.17, 15) is 9.90 Å². The number of amidine groups is 1. The van der Waals surface area contributed by atoms with E-state index in [-0.39, 0.29) is 17.1 Å². The minimum absolute atomic E-state index is 0.155. The van der Waals surface area contributed by atoms with Crippen molar-refractivity contribution in [3.05, 3.63) is 41.1 Å². The molecule has 1 aromatic rings. The van der Waals surface area contributed by atoms with Crippen LogP contribution in [0.3, 0.4) is 0 Å². The van der Waals surface area contributed by atoms with Crippen LogP contribution in [0.1, 0.15) is 25.3 Å². The average molecular weight is 372 g/mol. The predicted octanol–water partition coefficient (Wildman–Crippen LogP) is 0.813. The fourth-order valence-electron chi connectivity index (χ4n) is 2.99. The van der Waals surface area contributed by atoms with Crippen molar-refractivity contribution in [3.63, 3.8) is 0 Å². The molecule has 2 rings (SSSR count). The molecule has 1 aliphatic heterocycles. The zero-order valence-corrected chi connectivity index (χ0v) is 15.6. The van der Waals surface area contributed by atoms with Crippen LogP contribution >= 0.6 is 0 Å². The summed E-state index contributed by atoms with van der Waals surface area (Å²) in [7, 11) is 0. The molecule has 1 saturated heterocycles. The molecule has 0 aliphatic carbocycles. The highest BCUT2D eigenvalue weighted by Gasteiger charge is 2.26. The highest BCUT2D eigenvalue weighted by Crippen LogP contribution is 2.21. The zero-order chi connectivity index (χ0) is 20.0. The largest absolute Gasteiger partial charge is 0.397 e. The molecular weight excluding hydrogens is 344 g/mol. The quantitative estimate of drug-likeness (QED) is 0.238. The van der Waals surface area contributed by atoms with Gasteiger partial charge in [0.05, 0.1) is 11.3 Å². The lowest BCUT2D eigenvalue weighted by Crippen LogP contribution is -2.43. The number of carbonyl (C=O) groups excluding carboxylic acids is 1. The van der Waals surface area contributed by atoms with Crippen LogP contribution in [0.15, 0.2) is 35.5 Å². The molecule has 1 amide bonds. The Morgan fingerprint density at radius 1 is 1.30 bits per heavy atom. The van der Waals surface area contributed by atoms with Crippen LogP contribution in [-0.4, -0.2) is 53.2 Å². The fraction of sp³-hybridized carbons (Fsp3) is 0.421. The second-order valence-electron chi connectivity index (χ2n) is 7.12. The molecular formula is C19H28N6O2. The number of amides is 1. The highest BCUT2D eigenvalue weighted by molar-refractivity contribution is 6.25. The van der Waals surface area contributed by atoms with Gasteiger partial charge in [-0.15, -0.1) is 0 Å². The first-order valence-electron chi connectivity index (χ1n) is 8.91. The number of benzene rings is 1. The number of nitrogens with two attached hydrogens (primary N) is 2. The SMILES string of the molecule is CC1(O)CCN(CCc2ccc(NC(=N)/C(C(N)=O)=C(\N)C=N)cc2)CC1. The number of carbonyl (C=O) groups is 1. The third-order valence-corrected chi connectivity index (χ3v) is 4.81. The van der Waals surface area contributed by atoms with Crippen LogP contribution in [0.5, 0.6) is 0 Å². The summed E-state index contributed by atoms with van der Waals surface area (Å²) in [5, 5.41) is 27.9. The number of hydrogen-bond acceptors (Lipinski definition) is 6. The second-order valence-corrected chi connectivity index (χ2v) is 7.12. The van der Waals surface area contributed by atoms with Gasteiger partial charge in [0, 0.05) is 31.5 Å². The number of piperidine rings is 1. The topological polar surface area (TPSA) is 152 Å². The van der Waals surface area contributed by atoms with Gasteiger partial charge in [-0.3, -0.25) is 10.2 Å². The summed E-state index contributed by atoms with van der Waals surface area (Å²) in [4.78, 5) is 13.8. The summed E-state index contributed by atoms with van der Waals surface area (Å²) in [6.45, 7) is 4.63. The number of rotatable bonds is 7. The number of aliphatic hydroxyl groups is 1. The van der Waals surface area contributed by atoms with E-state index in [0.717, 1.165) is 50.7 Å². The van der Waals surface area contributed by atoms with Crippen molar-refractivity contribution in [1.82, 2.24) is 4.90 Å². The molecule has 0 spiro atoms. The van der Waals surface area contributed by atoms with E-state index >= 15 is 0 Å². The van der Waals surface area contributed by atoms with Gasteiger partial charge in [0.2, 0.25) is 0 Å². The molecule has 0 saturated carbocycles. The fourth-order valence-corrected chi connectivity index (χ4v) is 2.99. The second kappa shape index (κ2) is 8.79. The third kappa shape index (κ3) is 5.90. The van der Waals surface area contributed by atoms with Crippen LogP contribution in [0.25, 0.3) is 0 Å². The summed E-state index contributed by atoms with van der Waals surface area (Å²) < 4.78 is 0. The Labute approximate surface area is 159 Å². The number of anilines is 1. The van der Waals surface area contributed by atoms with Crippen LogP contribution < -0.4 is 16.8 Å². The van der Waals surface area contributed by atoms with Gasteiger partial charge in [-0.2, -0.15) is 0 Å². The van der Waals surface area contributed by atoms with Crippen molar-refractivity contribution in [1.29, 1.82) is 10.8 Å². The van der Waals surface area contributed by atoms with Gasteiger partial charge in [0.15, 0.2) is 0 Å². The average Bonchev–Trinajstić information content (AvgIpc) is 2.61. The summed E-state index contributed by atoms with van der Waals surface area (Å²) in [6.07, 6.45) is 3.28. The molecule has 0 bridgehead atoms. The summed E-state index contributed by atoms with van der Waals surface area (Å²) in [5.41, 5.74) is 11.7. The molecule has 1 heterocycles. The Bertz CT molecular complexity index is 729. The lowest BCUT2D eigenvalue weighted by molar-refractivity contribution is -0.114. The molecule has 1 aliphatic rings. The van der Waals surface area contributed by atoms with Crippen molar-refractivity contribution in [2.45, 2.75) is 31.8 Å². The lowest BCUT2D eigenvalue weighted by atomic mass is 9.93. The van der Waals surface area contributed by atoms with Gasteiger partial charge in [0.25, 0.3) is 5.91 Å². The number of likely N-dealkylation sites (tertiary alicyclic amines) is 1. The Morgan fingerprint density at radius 2 is 1.89 bits per heavy atom. The first-order valence-corrected chi connectivity index (χ1v) is 8.91. The minimum Gasteiger partial charge on any atom is -0.397 e. The maximum Gasteiger partial charge on any atom is 0.254 e. The number of nitrogens with one attached hydrogen (secondary N) is 3. The summed E-state index contributed by atoms with van der Waals surface area (Å²) in [5.74, 6) is -1.10. The van der Waals surface area contributed by atoms with E-state index in [1.54, 1.807) is 0 Å². The maximum absolute atomic E-state index is 11.4. The van der Waals surface area contributed by atoms with Crippen molar-refractivity contribution in [2.75, 3.05) is 25.0 Å². The van der Waals surface area contributed by atoms with Crippen molar-refractivity contribution >= 4 is 23.6 Å². The maximum atomic E-state index is 11.4. The first kappa shape index (κ1) is 20.6. The molecule has 146 valence electrons. The lowest BCUT2D eigenvalue weighted by Gasteiger charge is -2.35. The number of allylic oxidation sites excluding steroid dienone is 1. The predicted molar refractivity (Wildman–Crippen MR) is 107 cm³/mol. The number of hydrogen-bond donors (Lipinski definition) is 6. The highest BCUT2D eigenvalue weighted by atomic mass is 16.3. The van der Waals surface area contributed by atoms with Gasteiger partial charge >= 0.3 is 0 Å². The van der Waals surface area contributed by atoms with Crippen LogP contribution in [-0.2, 0) is 11.2 Å². The Hall–Kier alpha value is -2.71. The molecule has 0 atom stereocenters. The van der Waals surface area contributed by atoms with Crippen LogP contribution in [0.4, 0.5) is 5.69 Å². The van der Waals surface area contributed by atoms with Gasteiger partial charge in [0.1, 0.15) is 11.4 Å². The number of primary amides is 1. The first-order chi connectivity index (χ1) is 12.7. The molecule has 1 fully saturated rings. The third-order valence-electron chi connectivity index (χ3n) is 4.81. The Morgan fingerprint density at radius 3 is 2.41 bits per heavy atom. The van der Waals surface area contributed by atoms with E-state index in [2.05, 4.69) is 10.2 Å². The molecule has 1 aromatic carbocycles. The monoisotopic (exact) mass is 372 g/mol. The molecule has 8 nitrogen and oxygen atoms in total. The van der Waals surface area contributed by atoms with E-state index in [4.69, 9.17) is 22.3 Å². The Balaban J connectivity index is 1.90. The van der Waals surface area contributed by atoms with E-state index in [1.165, 1.54) is 0 Å². The smallest absolute Gasteiger partial charge is 0.254 e. The molecule has 0 radical (unpaired) electrons. The summed E-state index contributed by atoms with van der Waals surface area (Å²) >= 11 is 0. The summed E-state index contributed by atoms with van der Waals surface area (Å²) in [6, 6.07) is 7.57. The molecule has 8 heteroatoms. The minimum atomic E-state index is -0.856. The van der Waals surface area contributed by atoms with Gasteiger partial charge < -0.3 is 32.2 Å². The van der Waals surface area contributed by atoms with Gasteiger partial charge in [-0.1, -0.05) is 12.1 Å². The normalized spacial score (nSPS) is 17.7. The zero-order valence-electron chi connectivity index (χ0n) is 15.6. The van der Waals surface area contributed by atoms with E-state index in [0.29, 0.717) is 5.69 Å². The van der Waals surface area contributed by atoms with Crippen molar-refractivity contribution < 1.29 is 9.90 Å². The molecule has 0 unspecified atom stereocenters. The van der Waals surface area contributed by atoms with Gasteiger partial charge in [-0.05, 0) is 43.9 Å². The molecule has 27 heavy (non-hydrogen) atoms. The Kier molecular flexibility index (Phi) is 6.70. The molecule has 8 N–H and O–H groups in total. The van der Waals surface area contributed by atoms with Gasteiger partial charge in [-0.25, -0.2) is 0 Å². The number of nitrogens with zero attached hydrogens (tertiary/aromatic N) is 1. The van der Waals surface area contributed by atoms with Crippen molar-refractivity contribution in [3.8, 4) is 0 Å². The van der Waals surface area contributed by atoms with Crippen LogP contribution in [0.2, 0.25) is 0 Å². The van der Waals surface area contributed by atoms with Crippen LogP contribution in [0, 0.1) is 10.8 Å². The van der Waals surface area contributed by atoms with E-state index < -0.39 is 11.5 Å². The molecule has 0 aromatic heterocycles. The van der Waals surface area contributed by atoms with E-state index in [1.807, 2.05) is 31.2 Å².